The van der Waals surface area contributed by atoms with Gasteiger partial charge in [-0.15, -0.1) is 0 Å². The molecule has 0 saturated carbocycles. The summed E-state index contributed by atoms with van der Waals surface area (Å²) in [5.74, 6) is 0.0194. The predicted molar refractivity (Wildman–Crippen MR) is 124 cm³/mol. The number of methoxy groups -OCH3 is 1. The van der Waals surface area contributed by atoms with Crippen LogP contribution < -0.4 is 15.4 Å². The summed E-state index contributed by atoms with van der Waals surface area (Å²) in [6, 6.07) is 20.6. The summed E-state index contributed by atoms with van der Waals surface area (Å²) in [6.07, 6.45) is -5.04. The first-order chi connectivity index (χ1) is 16.3. The molecule has 180 valence electrons. The third kappa shape index (κ3) is 7.07. The second kappa shape index (κ2) is 11.7. The minimum Gasteiger partial charge on any atom is -0.496 e. The zero-order valence-electron chi connectivity index (χ0n) is 18.7. The summed E-state index contributed by atoms with van der Waals surface area (Å²) < 4.78 is 44.1. The number of aliphatic hydroxyl groups excluding tert-OH is 1. The van der Waals surface area contributed by atoms with Gasteiger partial charge >= 0.3 is 6.18 Å². The Hall–Kier alpha value is -3.36. The van der Waals surface area contributed by atoms with E-state index in [0.29, 0.717) is 23.3 Å². The molecule has 0 radical (unpaired) electrons. The molecule has 0 aliphatic heterocycles. The molecule has 3 rings (SSSR count). The van der Waals surface area contributed by atoms with Crippen molar-refractivity contribution in [3.63, 3.8) is 0 Å². The summed E-state index contributed by atoms with van der Waals surface area (Å²) in [7, 11) is 1.47. The van der Waals surface area contributed by atoms with Gasteiger partial charge in [-0.2, -0.15) is 13.2 Å². The summed E-state index contributed by atoms with van der Waals surface area (Å²) in [5.41, 5.74) is 0.981. The van der Waals surface area contributed by atoms with Crippen LogP contribution in [-0.2, 0) is 19.1 Å². The number of hydrogen-bond acceptors (Lipinski definition) is 4. The molecule has 3 aromatic carbocycles. The number of para-hydroxylation sites is 1. The van der Waals surface area contributed by atoms with Gasteiger partial charge in [-0.3, -0.25) is 4.79 Å². The summed E-state index contributed by atoms with van der Waals surface area (Å²) in [5, 5.41) is 16.7. The van der Waals surface area contributed by atoms with Crippen LogP contribution in [0.25, 0.3) is 0 Å². The fourth-order valence-corrected chi connectivity index (χ4v) is 3.59. The van der Waals surface area contributed by atoms with E-state index in [0.717, 1.165) is 17.7 Å². The van der Waals surface area contributed by atoms with Crippen LogP contribution in [0.2, 0.25) is 0 Å². The number of hydrogen-bond donors (Lipinski definition) is 3. The van der Waals surface area contributed by atoms with Crippen molar-refractivity contribution >= 4 is 5.91 Å². The Bertz CT molecular complexity index is 1070. The summed E-state index contributed by atoms with van der Waals surface area (Å²) >= 11 is 0. The second-order valence-electron chi connectivity index (χ2n) is 7.87. The van der Waals surface area contributed by atoms with Gasteiger partial charge in [-0.05, 0) is 35.7 Å². The van der Waals surface area contributed by atoms with Crippen molar-refractivity contribution in [3.8, 4) is 5.75 Å². The average molecular weight is 473 g/mol. The minimum absolute atomic E-state index is 0.0694. The smallest absolute Gasteiger partial charge is 0.416 e. The van der Waals surface area contributed by atoms with E-state index in [-0.39, 0.29) is 13.1 Å². The van der Waals surface area contributed by atoms with E-state index in [2.05, 4.69) is 10.6 Å². The predicted octanol–water partition coefficient (Wildman–Crippen LogP) is 4.21. The van der Waals surface area contributed by atoms with Crippen molar-refractivity contribution in [3.05, 3.63) is 101 Å². The Labute approximate surface area is 196 Å². The number of carbonyl (C=O) groups excluding carboxylic acids is 1. The van der Waals surface area contributed by atoms with E-state index >= 15 is 0 Å². The molecule has 0 spiro atoms. The first kappa shape index (κ1) is 25.3. The maximum Gasteiger partial charge on any atom is 0.416 e. The van der Waals surface area contributed by atoms with Crippen LogP contribution in [0.15, 0.2) is 78.9 Å². The van der Waals surface area contributed by atoms with Crippen LogP contribution in [0.1, 0.15) is 27.0 Å². The topological polar surface area (TPSA) is 70.6 Å². The molecule has 3 aromatic rings. The monoisotopic (exact) mass is 472 g/mol. The van der Waals surface area contributed by atoms with Crippen LogP contribution in [0, 0.1) is 0 Å². The van der Waals surface area contributed by atoms with Gasteiger partial charge in [-0.1, -0.05) is 60.7 Å². The minimum atomic E-state index is -4.42. The number of halogens is 3. The van der Waals surface area contributed by atoms with Crippen LogP contribution >= 0.6 is 0 Å². The normalized spacial score (nSPS) is 13.2. The number of benzene rings is 3. The van der Waals surface area contributed by atoms with Gasteiger partial charge in [0.15, 0.2) is 0 Å². The number of carbonyl (C=O) groups is 1. The van der Waals surface area contributed by atoms with Crippen molar-refractivity contribution in [2.75, 3.05) is 13.7 Å². The van der Waals surface area contributed by atoms with E-state index in [1.165, 1.54) is 13.2 Å². The molecule has 0 saturated heterocycles. The molecule has 2 atom stereocenters. The lowest BCUT2D eigenvalue weighted by Gasteiger charge is -2.25. The number of aliphatic hydroxyl groups is 1. The number of alkyl halides is 3. The van der Waals surface area contributed by atoms with Crippen molar-refractivity contribution in [2.24, 2.45) is 0 Å². The lowest BCUT2D eigenvalue weighted by Crippen LogP contribution is -2.48. The molecular formula is C26H27F3N2O3. The number of ether oxygens (including phenoxy) is 1. The highest BCUT2D eigenvalue weighted by Crippen LogP contribution is 2.29. The third-order valence-corrected chi connectivity index (χ3v) is 5.37. The standard InChI is InChI=1S/C26H27F3N2O3/c1-34-24-13-6-5-12-21(24)25(33)31-22(15-18-8-3-2-4-9-18)23(32)17-30-16-19-10-7-11-20(14-19)26(27,28)29/h2-14,22-23,30,32H,15-17H2,1H3,(H,31,33)/t22-,23+/m0/s1. The van der Waals surface area contributed by atoms with Crippen molar-refractivity contribution in [2.45, 2.75) is 31.3 Å². The van der Waals surface area contributed by atoms with Gasteiger partial charge in [0.25, 0.3) is 5.91 Å². The molecule has 0 heterocycles. The largest absolute Gasteiger partial charge is 0.496 e. The molecule has 0 aliphatic carbocycles. The third-order valence-electron chi connectivity index (χ3n) is 5.37. The van der Waals surface area contributed by atoms with Gasteiger partial charge in [-0.25, -0.2) is 0 Å². The molecule has 3 N–H and O–H groups in total. The van der Waals surface area contributed by atoms with Crippen LogP contribution in [-0.4, -0.2) is 36.8 Å². The van der Waals surface area contributed by atoms with E-state index in [9.17, 15) is 23.1 Å². The molecular weight excluding hydrogens is 445 g/mol. The molecule has 5 nitrogen and oxygen atoms in total. The Morgan fingerprint density at radius 2 is 1.65 bits per heavy atom. The zero-order valence-corrected chi connectivity index (χ0v) is 18.7. The van der Waals surface area contributed by atoms with E-state index in [4.69, 9.17) is 4.74 Å². The first-order valence-electron chi connectivity index (χ1n) is 10.8. The lowest BCUT2D eigenvalue weighted by atomic mass is 10.00. The quantitative estimate of drug-likeness (QED) is 0.414. The maximum atomic E-state index is 12.9. The fraction of sp³-hybridized carbons (Fsp3) is 0.269. The van der Waals surface area contributed by atoms with Crippen LogP contribution in [0.3, 0.4) is 0 Å². The van der Waals surface area contributed by atoms with Gasteiger partial charge in [0.1, 0.15) is 5.75 Å². The fourth-order valence-electron chi connectivity index (χ4n) is 3.59. The average Bonchev–Trinajstić information content (AvgIpc) is 2.83. The SMILES string of the molecule is COc1ccccc1C(=O)N[C@@H](Cc1ccccc1)[C@H](O)CNCc1cccc(C(F)(F)F)c1. The van der Waals surface area contributed by atoms with Crippen molar-refractivity contribution in [1.29, 1.82) is 0 Å². The van der Waals surface area contributed by atoms with Crippen LogP contribution in [0.4, 0.5) is 13.2 Å². The first-order valence-corrected chi connectivity index (χ1v) is 10.8. The van der Waals surface area contributed by atoms with E-state index in [1.54, 1.807) is 30.3 Å². The molecule has 0 bridgehead atoms. The van der Waals surface area contributed by atoms with Gasteiger partial charge in [0, 0.05) is 13.1 Å². The van der Waals surface area contributed by atoms with Crippen LogP contribution in [0.5, 0.6) is 5.75 Å². The molecule has 34 heavy (non-hydrogen) atoms. The highest BCUT2D eigenvalue weighted by Gasteiger charge is 2.30. The Balaban J connectivity index is 1.68. The lowest BCUT2D eigenvalue weighted by molar-refractivity contribution is -0.137. The molecule has 0 unspecified atom stereocenters. The Morgan fingerprint density at radius 1 is 0.971 bits per heavy atom. The van der Waals surface area contributed by atoms with Crippen molar-refractivity contribution < 1.29 is 27.8 Å². The molecule has 8 heteroatoms. The Kier molecular flexibility index (Phi) is 8.67. The molecule has 0 aliphatic rings. The highest BCUT2D eigenvalue weighted by molar-refractivity contribution is 5.97. The number of nitrogens with one attached hydrogen (secondary N) is 2. The number of amides is 1. The van der Waals surface area contributed by atoms with E-state index in [1.807, 2.05) is 30.3 Å². The maximum absolute atomic E-state index is 12.9. The molecule has 0 aromatic heterocycles. The van der Waals surface area contributed by atoms with Gasteiger partial charge in [0.05, 0.1) is 30.4 Å². The zero-order chi connectivity index (χ0) is 24.6. The second-order valence-corrected chi connectivity index (χ2v) is 7.87. The Morgan fingerprint density at radius 3 is 2.35 bits per heavy atom. The molecule has 1 amide bonds. The van der Waals surface area contributed by atoms with Gasteiger partial charge < -0.3 is 20.5 Å². The highest BCUT2D eigenvalue weighted by atomic mass is 19.4. The molecule has 0 fully saturated rings. The van der Waals surface area contributed by atoms with Crippen molar-refractivity contribution in [1.82, 2.24) is 10.6 Å². The summed E-state index contributed by atoms with van der Waals surface area (Å²) in [4.78, 5) is 12.9. The van der Waals surface area contributed by atoms with E-state index < -0.39 is 29.8 Å². The summed E-state index contributed by atoms with van der Waals surface area (Å²) in [6.45, 7) is 0.208. The number of rotatable bonds is 10. The van der Waals surface area contributed by atoms with Gasteiger partial charge in [0.2, 0.25) is 0 Å².